The summed E-state index contributed by atoms with van der Waals surface area (Å²) in [6, 6.07) is 11.4. The number of hydrogen-bond acceptors (Lipinski definition) is 5. The summed E-state index contributed by atoms with van der Waals surface area (Å²) in [5.74, 6) is 0.0601. The molecule has 2 N–H and O–H groups in total. The highest BCUT2D eigenvalue weighted by molar-refractivity contribution is 7.08. The number of para-hydroxylation sites is 1. The van der Waals surface area contributed by atoms with Crippen LogP contribution in [0.25, 0.3) is 22.4 Å². The molecule has 108 valence electrons. The minimum atomic E-state index is -0.322. The maximum atomic E-state index is 12.2. The highest BCUT2D eigenvalue weighted by Crippen LogP contribution is 2.22. The van der Waals surface area contributed by atoms with E-state index in [1.54, 1.807) is 6.07 Å². The van der Waals surface area contributed by atoms with Crippen LogP contribution in [0.1, 0.15) is 10.5 Å². The first kappa shape index (κ1) is 12.8. The Hall–Kier alpha value is -2.93. The summed E-state index contributed by atoms with van der Waals surface area (Å²) in [6.07, 6.45) is 0. The molecule has 0 bridgehead atoms. The highest BCUT2D eigenvalue weighted by Gasteiger charge is 2.14. The zero-order chi connectivity index (χ0) is 14.9. The van der Waals surface area contributed by atoms with Gasteiger partial charge in [0.05, 0.1) is 0 Å². The zero-order valence-corrected chi connectivity index (χ0v) is 12.1. The van der Waals surface area contributed by atoms with Crippen LogP contribution in [0, 0.1) is 0 Å². The van der Waals surface area contributed by atoms with E-state index in [2.05, 4.69) is 20.5 Å². The lowest BCUT2D eigenvalue weighted by molar-refractivity contribution is 0.102. The molecule has 0 saturated carbocycles. The molecule has 22 heavy (non-hydrogen) atoms. The number of H-pyrrole nitrogens is 1. The first-order valence-corrected chi connectivity index (χ1v) is 7.49. The Labute approximate surface area is 128 Å². The Kier molecular flexibility index (Phi) is 2.97. The number of aromatic nitrogens is 3. The Morgan fingerprint density at radius 1 is 1.23 bits per heavy atom. The van der Waals surface area contributed by atoms with E-state index < -0.39 is 0 Å². The van der Waals surface area contributed by atoms with Gasteiger partial charge in [0.1, 0.15) is 5.69 Å². The lowest BCUT2D eigenvalue weighted by Gasteiger charge is -1.96. The third kappa shape index (κ3) is 2.27. The van der Waals surface area contributed by atoms with Crippen molar-refractivity contribution in [1.29, 1.82) is 0 Å². The number of aromatic amines is 1. The van der Waals surface area contributed by atoms with Crippen LogP contribution in [0.3, 0.4) is 0 Å². The van der Waals surface area contributed by atoms with Gasteiger partial charge in [-0.15, -0.1) is 5.10 Å². The van der Waals surface area contributed by atoms with Crippen molar-refractivity contribution in [1.82, 2.24) is 15.2 Å². The van der Waals surface area contributed by atoms with Crippen molar-refractivity contribution < 1.29 is 9.21 Å². The Bertz CT molecular complexity index is 906. The number of thiophene rings is 1. The van der Waals surface area contributed by atoms with E-state index in [4.69, 9.17) is 4.42 Å². The average molecular weight is 310 g/mol. The fraction of sp³-hybridized carbons (Fsp3) is 0. The van der Waals surface area contributed by atoms with Crippen molar-refractivity contribution in [2.75, 3.05) is 5.32 Å². The van der Waals surface area contributed by atoms with Crippen molar-refractivity contribution in [3.8, 4) is 11.5 Å². The summed E-state index contributed by atoms with van der Waals surface area (Å²) in [5, 5.41) is 15.1. The minimum absolute atomic E-state index is 0.0739. The molecule has 0 aliphatic carbocycles. The largest absolute Gasteiger partial charge is 0.403 e. The van der Waals surface area contributed by atoms with Gasteiger partial charge in [-0.1, -0.05) is 23.3 Å². The smallest absolute Gasteiger partial charge is 0.322 e. The fourth-order valence-electron chi connectivity index (χ4n) is 2.14. The molecule has 0 aliphatic rings. The Morgan fingerprint density at radius 3 is 2.95 bits per heavy atom. The van der Waals surface area contributed by atoms with E-state index in [9.17, 15) is 4.79 Å². The van der Waals surface area contributed by atoms with Gasteiger partial charge in [-0.05, 0) is 23.6 Å². The molecule has 0 saturated heterocycles. The van der Waals surface area contributed by atoms with Gasteiger partial charge in [0.2, 0.25) is 0 Å². The van der Waals surface area contributed by atoms with E-state index in [1.807, 2.05) is 41.1 Å². The van der Waals surface area contributed by atoms with E-state index in [0.29, 0.717) is 11.6 Å². The van der Waals surface area contributed by atoms with Gasteiger partial charge < -0.3 is 9.40 Å². The SMILES string of the molecule is O=C(Nc1nnc(-c2ccsc2)o1)c1cc2ccccc2[nH]1. The van der Waals surface area contributed by atoms with Crippen molar-refractivity contribution >= 4 is 34.2 Å². The molecule has 0 aliphatic heterocycles. The van der Waals surface area contributed by atoms with Crippen molar-refractivity contribution in [3.63, 3.8) is 0 Å². The number of nitrogens with zero attached hydrogens (tertiary/aromatic N) is 2. The highest BCUT2D eigenvalue weighted by atomic mass is 32.1. The second-order valence-electron chi connectivity index (χ2n) is 4.65. The molecular formula is C15H10N4O2S. The molecule has 0 spiro atoms. The number of carbonyl (C=O) groups is 1. The van der Waals surface area contributed by atoms with Crippen LogP contribution in [-0.2, 0) is 0 Å². The quantitative estimate of drug-likeness (QED) is 0.606. The summed E-state index contributed by atoms with van der Waals surface area (Å²) in [4.78, 5) is 15.3. The molecule has 0 fully saturated rings. The second kappa shape index (κ2) is 5.12. The number of nitrogens with one attached hydrogen (secondary N) is 2. The van der Waals surface area contributed by atoms with Gasteiger partial charge in [-0.2, -0.15) is 11.3 Å². The number of benzene rings is 1. The molecule has 4 rings (SSSR count). The van der Waals surface area contributed by atoms with Crippen LogP contribution < -0.4 is 5.32 Å². The van der Waals surface area contributed by atoms with E-state index in [1.165, 1.54) is 11.3 Å². The topological polar surface area (TPSA) is 83.8 Å². The number of rotatable bonds is 3. The predicted octanol–water partition coefficient (Wildman–Crippen LogP) is 3.53. The van der Waals surface area contributed by atoms with Crippen LogP contribution in [0.15, 0.2) is 51.6 Å². The average Bonchev–Trinajstić information content (AvgIpc) is 3.26. The number of carbonyl (C=O) groups excluding carboxylic acids is 1. The zero-order valence-electron chi connectivity index (χ0n) is 11.2. The van der Waals surface area contributed by atoms with Gasteiger partial charge in [0.25, 0.3) is 11.8 Å². The van der Waals surface area contributed by atoms with E-state index in [0.717, 1.165) is 16.5 Å². The molecule has 1 aromatic carbocycles. The van der Waals surface area contributed by atoms with Crippen LogP contribution in [0.2, 0.25) is 0 Å². The standard InChI is InChI=1S/C15H10N4O2S/c20-13(12-7-9-3-1-2-4-11(9)16-12)17-15-19-18-14(21-15)10-5-6-22-8-10/h1-8,16H,(H,17,19,20). The number of hydrogen-bond donors (Lipinski definition) is 2. The van der Waals surface area contributed by atoms with Gasteiger partial charge in [0, 0.05) is 21.8 Å². The number of fused-ring (bicyclic) bond motifs is 1. The van der Waals surface area contributed by atoms with Crippen molar-refractivity contribution in [2.45, 2.75) is 0 Å². The maximum Gasteiger partial charge on any atom is 0.322 e. The molecule has 7 heteroatoms. The first-order valence-electron chi connectivity index (χ1n) is 6.55. The molecule has 3 aromatic heterocycles. The molecule has 0 unspecified atom stereocenters. The lowest BCUT2D eigenvalue weighted by atomic mass is 10.2. The lowest BCUT2D eigenvalue weighted by Crippen LogP contribution is -2.12. The Balaban J connectivity index is 1.56. The molecule has 0 atom stereocenters. The summed E-state index contributed by atoms with van der Waals surface area (Å²) in [5.41, 5.74) is 2.18. The third-order valence-corrected chi connectivity index (χ3v) is 3.87. The van der Waals surface area contributed by atoms with Crippen molar-refractivity contribution in [2.24, 2.45) is 0 Å². The normalized spacial score (nSPS) is 10.9. The summed E-state index contributed by atoms with van der Waals surface area (Å²) in [7, 11) is 0. The van der Waals surface area contributed by atoms with Crippen molar-refractivity contribution in [3.05, 3.63) is 52.9 Å². The van der Waals surface area contributed by atoms with Crippen LogP contribution in [0.4, 0.5) is 6.01 Å². The monoisotopic (exact) mass is 310 g/mol. The summed E-state index contributed by atoms with van der Waals surface area (Å²) >= 11 is 1.54. The Morgan fingerprint density at radius 2 is 2.14 bits per heavy atom. The first-order chi connectivity index (χ1) is 10.8. The minimum Gasteiger partial charge on any atom is -0.403 e. The van der Waals surface area contributed by atoms with Gasteiger partial charge in [-0.3, -0.25) is 10.1 Å². The van der Waals surface area contributed by atoms with E-state index >= 15 is 0 Å². The maximum absolute atomic E-state index is 12.2. The second-order valence-corrected chi connectivity index (χ2v) is 5.43. The molecule has 6 nitrogen and oxygen atoms in total. The van der Waals surface area contributed by atoms with Crippen LogP contribution in [-0.4, -0.2) is 21.1 Å². The molecule has 4 aromatic rings. The molecule has 0 radical (unpaired) electrons. The number of anilines is 1. The predicted molar refractivity (Wildman–Crippen MR) is 83.9 cm³/mol. The summed E-state index contributed by atoms with van der Waals surface area (Å²) in [6.45, 7) is 0. The fourth-order valence-corrected chi connectivity index (χ4v) is 2.77. The molecular weight excluding hydrogens is 300 g/mol. The van der Waals surface area contributed by atoms with Gasteiger partial charge >= 0.3 is 6.01 Å². The van der Waals surface area contributed by atoms with Crippen LogP contribution in [0.5, 0.6) is 0 Å². The van der Waals surface area contributed by atoms with E-state index in [-0.39, 0.29) is 11.9 Å². The molecule has 3 heterocycles. The van der Waals surface area contributed by atoms with Crippen LogP contribution >= 0.6 is 11.3 Å². The number of amides is 1. The van der Waals surface area contributed by atoms with Gasteiger partial charge in [0.15, 0.2) is 0 Å². The molecule has 1 amide bonds. The summed E-state index contributed by atoms with van der Waals surface area (Å²) < 4.78 is 5.43. The third-order valence-electron chi connectivity index (χ3n) is 3.19. The van der Waals surface area contributed by atoms with Gasteiger partial charge in [-0.25, -0.2) is 0 Å².